The van der Waals surface area contributed by atoms with Crippen LogP contribution in [-0.4, -0.2) is 34.1 Å². The molecule has 18 heavy (non-hydrogen) atoms. The van der Waals surface area contributed by atoms with Crippen LogP contribution in [0.5, 0.6) is 0 Å². The van der Waals surface area contributed by atoms with Crippen molar-refractivity contribution in [1.29, 1.82) is 5.26 Å². The summed E-state index contributed by atoms with van der Waals surface area (Å²) in [6, 6.07) is 0.707. The molecular weight excluding hydrogens is 234 g/mol. The maximum absolute atomic E-state index is 11.0. The lowest BCUT2D eigenvalue weighted by Gasteiger charge is -2.20. The molecule has 96 valence electrons. The van der Waals surface area contributed by atoms with Gasteiger partial charge in [-0.15, -0.1) is 5.10 Å². The zero-order valence-corrected chi connectivity index (χ0v) is 9.95. The van der Waals surface area contributed by atoms with Crippen molar-refractivity contribution >= 4 is 5.91 Å². The molecule has 0 unspecified atom stereocenters. The number of nitrogens with zero attached hydrogens (tertiary/aromatic N) is 4. The van der Waals surface area contributed by atoms with Crippen molar-refractivity contribution in [2.24, 2.45) is 11.7 Å². The summed E-state index contributed by atoms with van der Waals surface area (Å²) in [5, 5.41) is 16.6. The molecule has 0 aromatic carbocycles. The van der Waals surface area contributed by atoms with E-state index < -0.39 is 11.9 Å². The highest BCUT2D eigenvalue weighted by Crippen LogP contribution is 2.18. The molecule has 7 nitrogen and oxygen atoms in total. The largest absolute Gasteiger partial charge is 0.381 e. The Kier molecular flexibility index (Phi) is 3.89. The van der Waals surface area contributed by atoms with Crippen molar-refractivity contribution in [2.75, 3.05) is 13.2 Å². The van der Waals surface area contributed by atoms with E-state index in [2.05, 4.69) is 10.3 Å². The second-order valence-electron chi connectivity index (χ2n) is 4.41. The Morgan fingerprint density at radius 2 is 2.61 bits per heavy atom. The summed E-state index contributed by atoms with van der Waals surface area (Å²) in [6.45, 7) is 1.55. The van der Waals surface area contributed by atoms with Crippen molar-refractivity contribution in [1.82, 2.24) is 15.0 Å². The predicted octanol–water partition coefficient (Wildman–Crippen LogP) is -0.203. The molecule has 2 rings (SSSR count). The number of primary amides is 1. The van der Waals surface area contributed by atoms with Crippen LogP contribution in [0.2, 0.25) is 0 Å². The third-order valence-electron chi connectivity index (χ3n) is 2.97. The molecule has 1 fully saturated rings. The Morgan fingerprint density at radius 1 is 1.78 bits per heavy atom. The van der Waals surface area contributed by atoms with Gasteiger partial charge in [0, 0.05) is 13.2 Å². The molecule has 1 aromatic rings. The Hall–Kier alpha value is -1.94. The van der Waals surface area contributed by atoms with E-state index in [0.717, 1.165) is 38.2 Å². The van der Waals surface area contributed by atoms with Crippen molar-refractivity contribution in [3.05, 3.63) is 11.9 Å². The van der Waals surface area contributed by atoms with Gasteiger partial charge >= 0.3 is 0 Å². The topological polar surface area (TPSA) is 107 Å². The van der Waals surface area contributed by atoms with Crippen molar-refractivity contribution in [3.63, 3.8) is 0 Å². The lowest BCUT2D eigenvalue weighted by molar-refractivity contribution is -0.119. The van der Waals surface area contributed by atoms with Gasteiger partial charge < -0.3 is 10.5 Å². The van der Waals surface area contributed by atoms with E-state index in [4.69, 9.17) is 15.7 Å². The smallest absolute Gasteiger partial charge is 0.257 e. The summed E-state index contributed by atoms with van der Waals surface area (Å²) in [7, 11) is 0. The average molecular weight is 249 g/mol. The molecule has 1 amide bonds. The molecule has 0 saturated carbocycles. The van der Waals surface area contributed by atoms with Gasteiger partial charge in [0.05, 0.1) is 18.0 Å². The minimum Gasteiger partial charge on any atom is -0.381 e. The molecule has 2 N–H and O–H groups in total. The molecular formula is C11H15N5O2. The van der Waals surface area contributed by atoms with E-state index in [-0.39, 0.29) is 0 Å². The van der Waals surface area contributed by atoms with Gasteiger partial charge in [-0.05, 0) is 25.2 Å². The number of nitrogens with two attached hydrogens (primary N) is 1. The van der Waals surface area contributed by atoms with Crippen LogP contribution in [0.25, 0.3) is 0 Å². The van der Waals surface area contributed by atoms with Gasteiger partial charge in [-0.2, -0.15) is 5.26 Å². The van der Waals surface area contributed by atoms with Gasteiger partial charge in [0.2, 0.25) is 6.04 Å². The summed E-state index contributed by atoms with van der Waals surface area (Å²) in [5.74, 6) is -0.298. The van der Waals surface area contributed by atoms with E-state index in [9.17, 15) is 4.79 Å². The first-order valence-corrected chi connectivity index (χ1v) is 5.88. The molecule has 0 spiro atoms. The lowest BCUT2D eigenvalue weighted by Crippen LogP contribution is -2.25. The van der Waals surface area contributed by atoms with Crippen LogP contribution >= 0.6 is 0 Å². The number of nitriles is 1. The highest BCUT2D eigenvalue weighted by molar-refractivity contribution is 5.80. The maximum Gasteiger partial charge on any atom is 0.257 e. The van der Waals surface area contributed by atoms with Crippen LogP contribution in [-0.2, 0) is 16.0 Å². The average Bonchev–Trinajstić information content (AvgIpc) is 2.79. The standard InChI is InChI=1S/C11H15N5O2/c12-5-10(11(13)17)16-6-9(14-15-16)4-8-2-1-3-18-7-8/h6,8,10H,1-4,7H2,(H2,13,17)/t8-,10-/m1/s1. The van der Waals surface area contributed by atoms with E-state index in [1.165, 1.54) is 4.68 Å². The predicted molar refractivity (Wildman–Crippen MR) is 61.1 cm³/mol. The second-order valence-corrected chi connectivity index (χ2v) is 4.41. The van der Waals surface area contributed by atoms with Crippen molar-refractivity contribution in [3.8, 4) is 6.07 Å². The van der Waals surface area contributed by atoms with Crippen LogP contribution in [0.4, 0.5) is 0 Å². The molecule has 0 radical (unpaired) electrons. The molecule has 1 saturated heterocycles. The third-order valence-corrected chi connectivity index (χ3v) is 2.97. The quantitative estimate of drug-likeness (QED) is 0.795. The summed E-state index contributed by atoms with van der Waals surface area (Å²) >= 11 is 0. The van der Waals surface area contributed by atoms with Gasteiger partial charge in [0.1, 0.15) is 0 Å². The minimum absolute atomic E-state index is 0.429. The number of aromatic nitrogens is 3. The number of ether oxygens (including phenoxy) is 1. The monoisotopic (exact) mass is 249 g/mol. The van der Waals surface area contributed by atoms with Crippen LogP contribution in [0.3, 0.4) is 0 Å². The molecule has 0 aliphatic carbocycles. The number of hydrogen-bond acceptors (Lipinski definition) is 5. The van der Waals surface area contributed by atoms with E-state index >= 15 is 0 Å². The van der Waals surface area contributed by atoms with Crippen LogP contribution < -0.4 is 5.73 Å². The lowest BCUT2D eigenvalue weighted by atomic mass is 9.97. The first-order valence-electron chi connectivity index (χ1n) is 5.88. The number of rotatable bonds is 4. The highest BCUT2D eigenvalue weighted by atomic mass is 16.5. The normalized spacial score (nSPS) is 21.2. The Labute approximate surface area is 105 Å². The summed E-state index contributed by atoms with van der Waals surface area (Å²) in [4.78, 5) is 11.0. The molecule has 2 atom stereocenters. The minimum atomic E-state index is -1.09. The van der Waals surface area contributed by atoms with Crippen LogP contribution in [0, 0.1) is 17.2 Å². The Bertz CT molecular complexity index is 458. The molecule has 2 heterocycles. The van der Waals surface area contributed by atoms with Crippen molar-refractivity contribution < 1.29 is 9.53 Å². The van der Waals surface area contributed by atoms with E-state index in [1.807, 2.05) is 0 Å². The first kappa shape index (κ1) is 12.5. The van der Waals surface area contributed by atoms with Crippen LogP contribution in [0.15, 0.2) is 6.20 Å². The summed E-state index contributed by atoms with van der Waals surface area (Å²) < 4.78 is 6.60. The number of amides is 1. The summed E-state index contributed by atoms with van der Waals surface area (Å²) in [5.41, 5.74) is 5.86. The highest BCUT2D eigenvalue weighted by Gasteiger charge is 2.20. The molecule has 1 aromatic heterocycles. The molecule has 7 heteroatoms. The van der Waals surface area contributed by atoms with Crippen LogP contribution in [0.1, 0.15) is 24.6 Å². The zero-order chi connectivity index (χ0) is 13.0. The SMILES string of the molecule is N#C[C@H](C(N)=O)n1cc(C[C@H]2CCCOC2)nn1. The Balaban J connectivity index is 2.01. The second kappa shape index (κ2) is 5.60. The van der Waals surface area contributed by atoms with E-state index in [0.29, 0.717) is 5.92 Å². The zero-order valence-electron chi connectivity index (χ0n) is 9.95. The Morgan fingerprint density at radius 3 is 3.22 bits per heavy atom. The number of carbonyl (C=O) groups excluding carboxylic acids is 1. The van der Waals surface area contributed by atoms with Gasteiger partial charge in [-0.3, -0.25) is 4.79 Å². The fraction of sp³-hybridized carbons (Fsp3) is 0.636. The van der Waals surface area contributed by atoms with E-state index in [1.54, 1.807) is 12.3 Å². The van der Waals surface area contributed by atoms with Crippen molar-refractivity contribution in [2.45, 2.75) is 25.3 Å². The number of hydrogen-bond donors (Lipinski definition) is 1. The fourth-order valence-corrected chi connectivity index (χ4v) is 2.05. The van der Waals surface area contributed by atoms with Gasteiger partial charge in [-0.25, -0.2) is 4.68 Å². The number of carbonyl (C=O) groups is 1. The fourth-order valence-electron chi connectivity index (χ4n) is 2.05. The first-order chi connectivity index (χ1) is 8.70. The van der Waals surface area contributed by atoms with Gasteiger partial charge in [0.15, 0.2) is 0 Å². The van der Waals surface area contributed by atoms with Gasteiger partial charge in [-0.1, -0.05) is 5.21 Å². The maximum atomic E-state index is 11.0. The molecule has 0 bridgehead atoms. The third kappa shape index (κ3) is 2.84. The molecule has 1 aliphatic rings. The van der Waals surface area contributed by atoms with Gasteiger partial charge in [0.25, 0.3) is 5.91 Å². The summed E-state index contributed by atoms with van der Waals surface area (Å²) in [6.07, 6.45) is 4.51. The molecule has 1 aliphatic heterocycles.